The SMILES string of the molecule is COCCOCC1c2ccccc2-c2c1c1c(c3c2[nH]c2ccccc23)C(=O)NC1=O. The fourth-order valence-electron chi connectivity index (χ4n) is 5.13. The van der Waals surface area contributed by atoms with Gasteiger partial charge < -0.3 is 14.5 Å². The van der Waals surface area contributed by atoms with E-state index in [1.807, 2.05) is 36.4 Å². The van der Waals surface area contributed by atoms with Gasteiger partial charge in [0.1, 0.15) is 0 Å². The standard InChI is InChI=1S/C25H20N2O4/c1-30-10-11-31-12-16-13-6-2-3-7-14(13)19-18(16)21-22(25(29)27-24(21)28)20-15-8-4-5-9-17(15)26-23(19)20/h2-9,16,26H,10-12H2,1H3,(H,27,28,29). The highest BCUT2D eigenvalue weighted by molar-refractivity contribution is 6.33. The second-order valence-corrected chi connectivity index (χ2v) is 7.95. The van der Waals surface area contributed by atoms with E-state index in [9.17, 15) is 9.59 Å². The van der Waals surface area contributed by atoms with Gasteiger partial charge in [-0.05, 0) is 22.8 Å². The van der Waals surface area contributed by atoms with Crippen molar-refractivity contribution in [2.24, 2.45) is 0 Å². The number of methoxy groups -OCH3 is 1. The van der Waals surface area contributed by atoms with Crippen molar-refractivity contribution < 1.29 is 19.1 Å². The number of aromatic nitrogens is 1. The second kappa shape index (κ2) is 6.77. The van der Waals surface area contributed by atoms with Crippen LogP contribution in [0.3, 0.4) is 0 Å². The van der Waals surface area contributed by atoms with Gasteiger partial charge in [0, 0.05) is 34.9 Å². The number of para-hydroxylation sites is 1. The minimum atomic E-state index is -0.340. The minimum absolute atomic E-state index is 0.135. The summed E-state index contributed by atoms with van der Waals surface area (Å²) in [5.74, 6) is -0.810. The van der Waals surface area contributed by atoms with Crippen LogP contribution in [0.15, 0.2) is 48.5 Å². The Balaban J connectivity index is 1.70. The van der Waals surface area contributed by atoms with Crippen molar-refractivity contribution in [1.82, 2.24) is 10.3 Å². The van der Waals surface area contributed by atoms with E-state index < -0.39 is 0 Å². The first-order valence-electron chi connectivity index (χ1n) is 10.3. The van der Waals surface area contributed by atoms with E-state index in [-0.39, 0.29) is 17.7 Å². The van der Waals surface area contributed by atoms with Crippen LogP contribution in [0, 0.1) is 0 Å². The zero-order valence-corrected chi connectivity index (χ0v) is 17.0. The highest BCUT2D eigenvalue weighted by atomic mass is 16.5. The molecule has 3 aromatic carbocycles. The second-order valence-electron chi connectivity index (χ2n) is 7.95. The largest absolute Gasteiger partial charge is 0.382 e. The first kappa shape index (κ1) is 18.3. The Hall–Kier alpha value is -3.48. The molecule has 2 heterocycles. The number of amides is 2. The number of rotatable bonds is 5. The summed E-state index contributed by atoms with van der Waals surface area (Å²) in [6.45, 7) is 1.37. The van der Waals surface area contributed by atoms with Crippen molar-refractivity contribution in [2.75, 3.05) is 26.9 Å². The normalized spacial score (nSPS) is 16.6. The Bertz CT molecular complexity index is 1400. The Morgan fingerprint density at radius 1 is 0.903 bits per heavy atom. The van der Waals surface area contributed by atoms with Crippen LogP contribution in [0.5, 0.6) is 0 Å². The third-order valence-corrected chi connectivity index (χ3v) is 6.35. The third-order valence-electron chi connectivity index (χ3n) is 6.35. The van der Waals surface area contributed by atoms with E-state index >= 15 is 0 Å². The quantitative estimate of drug-likeness (QED) is 0.384. The monoisotopic (exact) mass is 412 g/mol. The van der Waals surface area contributed by atoms with Crippen LogP contribution >= 0.6 is 0 Å². The molecule has 6 nitrogen and oxygen atoms in total. The molecule has 1 aromatic heterocycles. The first-order valence-corrected chi connectivity index (χ1v) is 10.3. The van der Waals surface area contributed by atoms with Crippen LogP contribution in [0.4, 0.5) is 0 Å². The molecule has 31 heavy (non-hydrogen) atoms. The van der Waals surface area contributed by atoms with Crippen molar-refractivity contribution in [3.05, 3.63) is 70.8 Å². The van der Waals surface area contributed by atoms with Gasteiger partial charge in [0.2, 0.25) is 0 Å². The molecule has 0 radical (unpaired) electrons. The van der Waals surface area contributed by atoms with Gasteiger partial charge in [0.05, 0.1) is 36.5 Å². The van der Waals surface area contributed by atoms with Crippen LogP contribution in [-0.2, 0) is 9.47 Å². The van der Waals surface area contributed by atoms with Gasteiger partial charge in [0.15, 0.2) is 0 Å². The number of hydrogen-bond acceptors (Lipinski definition) is 4. The lowest BCUT2D eigenvalue weighted by atomic mass is 9.88. The van der Waals surface area contributed by atoms with Gasteiger partial charge in [-0.1, -0.05) is 42.5 Å². The van der Waals surface area contributed by atoms with Gasteiger partial charge in [-0.2, -0.15) is 0 Å². The molecule has 6 heteroatoms. The molecule has 1 aliphatic heterocycles. The van der Waals surface area contributed by atoms with E-state index in [1.54, 1.807) is 7.11 Å². The van der Waals surface area contributed by atoms with E-state index in [4.69, 9.17) is 9.47 Å². The van der Waals surface area contributed by atoms with Crippen molar-refractivity contribution in [2.45, 2.75) is 5.92 Å². The van der Waals surface area contributed by atoms with Crippen molar-refractivity contribution in [1.29, 1.82) is 0 Å². The number of carbonyl (C=O) groups excluding carboxylic acids is 2. The van der Waals surface area contributed by atoms with Gasteiger partial charge in [-0.3, -0.25) is 14.9 Å². The molecule has 4 aromatic rings. The molecule has 1 unspecified atom stereocenters. The Labute approximate surface area is 178 Å². The zero-order chi connectivity index (χ0) is 21.1. The smallest absolute Gasteiger partial charge is 0.259 e. The summed E-state index contributed by atoms with van der Waals surface area (Å²) >= 11 is 0. The topological polar surface area (TPSA) is 80.4 Å². The maximum Gasteiger partial charge on any atom is 0.259 e. The average Bonchev–Trinajstić information content (AvgIpc) is 3.41. The molecule has 0 saturated carbocycles. The van der Waals surface area contributed by atoms with Gasteiger partial charge in [-0.15, -0.1) is 0 Å². The summed E-state index contributed by atoms with van der Waals surface area (Å²) in [5, 5.41) is 4.28. The van der Waals surface area contributed by atoms with Gasteiger partial charge in [-0.25, -0.2) is 0 Å². The molecule has 2 amide bonds. The lowest BCUT2D eigenvalue weighted by molar-refractivity contribution is 0.0672. The fourth-order valence-corrected chi connectivity index (χ4v) is 5.13. The maximum absolute atomic E-state index is 13.0. The average molecular weight is 412 g/mol. The van der Waals surface area contributed by atoms with Crippen molar-refractivity contribution in [3.8, 4) is 11.1 Å². The maximum atomic E-state index is 13.0. The number of imide groups is 1. The van der Waals surface area contributed by atoms with Crippen molar-refractivity contribution >= 4 is 33.6 Å². The number of carbonyl (C=O) groups is 2. The molecule has 1 aliphatic carbocycles. The highest BCUT2D eigenvalue weighted by Gasteiger charge is 2.42. The predicted molar refractivity (Wildman–Crippen MR) is 118 cm³/mol. The molecule has 2 aliphatic rings. The molecule has 6 rings (SSSR count). The number of benzene rings is 3. The summed E-state index contributed by atoms with van der Waals surface area (Å²) in [4.78, 5) is 29.5. The molecular weight excluding hydrogens is 392 g/mol. The predicted octanol–water partition coefficient (Wildman–Crippen LogP) is 3.98. The van der Waals surface area contributed by atoms with Crippen LogP contribution in [-0.4, -0.2) is 43.7 Å². The van der Waals surface area contributed by atoms with Crippen LogP contribution in [0.2, 0.25) is 0 Å². The third kappa shape index (κ3) is 2.46. The van der Waals surface area contributed by atoms with Crippen LogP contribution in [0.1, 0.15) is 37.8 Å². The minimum Gasteiger partial charge on any atom is -0.382 e. The van der Waals surface area contributed by atoms with E-state index in [2.05, 4.69) is 22.4 Å². The van der Waals surface area contributed by atoms with Crippen molar-refractivity contribution in [3.63, 3.8) is 0 Å². The Kier molecular flexibility index (Phi) is 4.00. The Morgan fingerprint density at radius 3 is 2.55 bits per heavy atom. The summed E-state index contributed by atoms with van der Waals surface area (Å²) in [5.41, 5.74) is 6.82. The van der Waals surface area contributed by atoms with Gasteiger partial charge in [0.25, 0.3) is 11.8 Å². The number of H-pyrrole nitrogens is 1. The first-order chi connectivity index (χ1) is 15.2. The molecule has 2 N–H and O–H groups in total. The van der Waals surface area contributed by atoms with E-state index in [1.165, 1.54) is 0 Å². The molecule has 0 spiro atoms. The lowest BCUT2D eigenvalue weighted by Gasteiger charge is -2.16. The summed E-state index contributed by atoms with van der Waals surface area (Å²) in [6.07, 6.45) is 0. The number of ether oxygens (including phenoxy) is 2. The molecule has 0 fully saturated rings. The number of aromatic amines is 1. The van der Waals surface area contributed by atoms with Crippen LogP contribution in [0.25, 0.3) is 32.9 Å². The fraction of sp³-hybridized carbons (Fsp3) is 0.200. The lowest BCUT2D eigenvalue weighted by Crippen LogP contribution is -2.21. The Morgan fingerprint density at radius 2 is 1.68 bits per heavy atom. The summed E-state index contributed by atoms with van der Waals surface area (Å²) in [7, 11) is 1.64. The van der Waals surface area contributed by atoms with E-state index in [0.717, 1.165) is 44.1 Å². The van der Waals surface area contributed by atoms with Gasteiger partial charge >= 0.3 is 0 Å². The molecule has 0 bridgehead atoms. The molecule has 1 atom stereocenters. The number of hydrogen-bond donors (Lipinski definition) is 2. The highest BCUT2D eigenvalue weighted by Crippen LogP contribution is 2.52. The molecular formula is C25H20N2O4. The molecule has 154 valence electrons. The summed E-state index contributed by atoms with van der Waals surface area (Å²) in [6, 6.07) is 16.1. The van der Waals surface area contributed by atoms with Crippen LogP contribution < -0.4 is 5.32 Å². The molecule has 0 saturated heterocycles. The summed E-state index contributed by atoms with van der Waals surface area (Å²) < 4.78 is 11.0. The zero-order valence-electron chi connectivity index (χ0n) is 17.0. The van der Waals surface area contributed by atoms with E-state index in [0.29, 0.717) is 30.9 Å². The number of nitrogens with one attached hydrogen (secondary N) is 2. The number of fused-ring (bicyclic) bond motifs is 10.